The van der Waals surface area contributed by atoms with Crippen LogP contribution < -0.4 is 5.73 Å². The zero-order valence-corrected chi connectivity index (χ0v) is 10.3. The van der Waals surface area contributed by atoms with E-state index < -0.39 is 0 Å². The van der Waals surface area contributed by atoms with Gasteiger partial charge in [0.2, 0.25) is 0 Å². The van der Waals surface area contributed by atoms with Crippen LogP contribution in [0.3, 0.4) is 0 Å². The highest BCUT2D eigenvalue weighted by Gasteiger charge is 2.32. The summed E-state index contributed by atoms with van der Waals surface area (Å²) in [4.78, 5) is 2.58. The fourth-order valence-electron chi connectivity index (χ4n) is 2.60. The van der Waals surface area contributed by atoms with Gasteiger partial charge in [0.15, 0.2) is 0 Å². The van der Waals surface area contributed by atoms with Crippen molar-refractivity contribution in [2.75, 3.05) is 19.6 Å². The molecule has 1 saturated carbocycles. The third kappa shape index (κ3) is 2.94. The molecule has 2 heteroatoms. The van der Waals surface area contributed by atoms with E-state index in [2.05, 4.69) is 18.7 Å². The average Bonchev–Trinajstić information content (AvgIpc) is 3.05. The summed E-state index contributed by atoms with van der Waals surface area (Å²) in [6.45, 7) is 8.44. The van der Waals surface area contributed by atoms with Gasteiger partial charge in [0.05, 0.1) is 0 Å². The van der Waals surface area contributed by atoms with Crippen LogP contribution in [0.1, 0.15) is 46.0 Å². The Labute approximate surface area is 94.2 Å². The molecule has 0 amide bonds. The predicted molar refractivity (Wildman–Crippen MR) is 64.8 cm³/mol. The topological polar surface area (TPSA) is 29.3 Å². The molecule has 1 unspecified atom stereocenters. The molecule has 15 heavy (non-hydrogen) atoms. The van der Waals surface area contributed by atoms with Gasteiger partial charge in [-0.2, -0.15) is 0 Å². The molecule has 0 spiro atoms. The molecule has 1 aliphatic heterocycles. The Kier molecular flexibility index (Phi) is 3.36. The normalized spacial score (nSPS) is 29.0. The van der Waals surface area contributed by atoms with Crippen molar-refractivity contribution in [2.24, 2.45) is 17.1 Å². The van der Waals surface area contributed by atoms with Crippen molar-refractivity contribution >= 4 is 0 Å². The minimum Gasteiger partial charge on any atom is -0.326 e. The summed E-state index contributed by atoms with van der Waals surface area (Å²) >= 11 is 0. The summed E-state index contributed by atoms with van der Waals surface area (Å²) in [7, 11) is 0. The second kappa shape index (κ2) is 4.42. The lowest BCUT2D eigenvalue weighted by molar-refractivity contribution is 0.108. The molecule has 2 fully saturated rings. The maximum absolute atomic E-state index is 6.17. The molecule has 1 atom stereocenters. The molecule has 88 valence electrons. The van der Waals surface area contributed by atoms with Crippen LogP contribution in [0, 0.1) is 11.3 Å². The predicted octanol–water partition coefficient (Wildman–Crippen LogP) is 2.24. The van der Waals surface area contributed by atoms with Gasteiger partial charge in [-0.25, -0.2) is 0 Å². The lowest BCUT2D eigenvalue weighted by Crippen LogP contribution is -2.45. The molecule has 0 bridgehead atoms. The smallest absolute Gasteiger partial charge is 0.0196 e. The Bertz CT molecular complexity index is 203. The largest absolute Gasteiger partial charge is 0.326 e. The van der Waals surface area contributed by atoms with Crippen LogP contribution in [-0.4, -0.2) is 30.6 Å². The van der Waals surface area contributed by atoms with Crippen LogP contribution in [0.25, 0.3) is 0 Å². The third-order valence-electron chi connectivity index (χ3n) is 4.61. The Morgan fingerprint density at radius 3 is 2.40 bits per heavy atom. The van der Waals surface area contributed by atoms with E-state index in [1.54, 1.807) is 0 Å². The van der Waals surface area contributed by atoms with Crippen LogP contribution >= 0.6 is 0 Å². The first-order chi connectivity index (χ1) is 7.13. The van der Waals surface area contributed by atoms with Gasteiger partial charge in [-0.15, -0.1) is 0 Å². The highest BCUT2D eigenvalue weighted by molar-refractivity contribution is 4.88. The molecule has 2 rings (SSSR count). The Hall–Kier alpha value is -0.0800. The van der Waals surface area contributed by atoms with Crippen molar-refractivity contribution in [1.82, 2.24) is 4.90 Å². The van der Waals surface area contributed by atoms with E-state index in [1.807, 2.05) is 0 Å². The van der Waals surface area contributed by atoms with Gasteiger partial charge < -0.3 is 10.6 Å². The fraction of sp³-hybridized carbons (Fsp3) is 1.00. The van der Waals surface area contributed by atoms with Crippen molar-refractivity contribution in [3.63, 3.8) is 0 Å². The second-order valence-electron chi connectivity index (χ2n) is 5.97. The standard InChI is InChI=1S/C13H26N2/c1-3-13(2)6-8-15(9-7-13)10-12(14)11-4-5-11/h11-12H,3-10,14H2,1-2H3. The number of hydrogen-bond acceptors (Lipinski definition) is 2. The minimum atomic E-state index is 0.455. The van der Waals surface area contributed by atoms with E-state index >= 15 is 0 Å². The highest BCUT2D eigenvalue weighted by atomic mass is 15.1. The fourth-order valence-corrected chi connectivity index (χ4v) is 2.60. The number of likely N-dealkylation sites (tertiary alicyclic amines) is 1. The number of nitrogens with two attached hydrogens (primary N) is 1. The molecule has 1 heterocycles. The van der Waals surface area contributed by atoms with Crippen molar-refractivity contribution in [3.05, 3.63) is 0 Å². The lowest BCUT2D eigenvalue weighted by Gasteiger charge is -2.39. The van der Waals surface area contributed by atoms with Gasteiger partial charge in [0.25, 0.3) is 0 Å². The molecule has 0 aromatic carbocycles. The molecule has 0 radical (unpaired) electrons. The lowest BCUT2D eigenvalue weighted by atomic mass is 9.78. The van der Waals surface area contributed by atoms with Gasteiger partial charge in [-0.1, -0.05) is 20.3 Å². The zero-order chi connectivity index (χ0) is 10.9. The SMILES string of the molecule is CCC1(C)CCN(CC(N)C2CC2)CC1. The molecule has 2 nitrogen and oxygen atoms in total. The molecule has 0 aromatic rings. The first-order valence-electron chi connectivity index (χ1n) is 6.61. The maximum atomic E-state index is 6.17. The molecular weight excluding hydrogens is 184 g/mol. The summed E-state index contributed by atoms with van der Waals surface area (Å²) in [6.07, 6.45) is 6.81. The third-order valence-corrected chi connectivity index (χ3v) is 4.61. The maximum Gasteiger partial charge on any atom is 0.0196 e. The molecule has 1 saturated heterocycles. The monoisotopic (exact) mass is 210 g/mol. The summed E-state index contributed by atoms with van der Waals surface area (Å²) in [5, 5.41) is 0. The van der Waals surface area contributed by atoms with E-state index in [0.29, 0.717) is 11.5 Å². The van der Waals surface area contributed by atoms with Crippen molar-refractivity contribution in [1.29, 1.82) is 0 Å². The van der Waals surface area contributed by atoms with Crippen LogP contribution in [0.5, 0.6) is 0 Å². The summed E-state index contributed by atoms with van der Waals surface area (Å²) in [6, 6.07) is 0.455. The first kappa shape index (κ1) is 11.4. The average molecular weight is 210 g/mol. The van der Waals surface area contributed by atoms with E-state index in [9.17, 15) is 0 Å². The van der Waals surface area contributed by atoms with Crippen LogP contribution in [-0.2, 0) is 0 Å². The summed E-state index contributed by atoms with van der Waals surface area (Å²) < 4.78 is 0. The van der Waals surface area contributed by atoms with Gasteiger partial charge in [0.1, 0.15) is 0 Å². The molecule has 2 aliphatic rings. The van der Waals surface area contributed by atoms with E-state index in [1.165, 1.54) is 45.2 Å². The van der Waals surface area contributed by atoms with Gasteiger partial charge >= 0.3 is 0 Å². The minimum absolute atomic E-state index is 0.455. The molecule has 2 N–H and O–H groups in total. The van der Waals surface area contributed by atoms with Gasteiger partial charge in [0, 0.05) is 12.6 Å². The number of hydrogen-bond donors (Lipinski definition) is 1. The zero-order valence-electron chi connectivity index (χ0n) is 10.3. The number of nitrogens with zero attached hydrogens (tertiary/aromatic N) is 1. The van der Waals surface area contributed by atoms with Gasteiger partial charge in [-0.3, -0.25) is 0 Å². The highest BCUT2D eigenvalue weighted by Crippen LogP contribution is 2.35. The summed E-state index contributed by atoms with van der Waals surface area (Å²) in [5.74, 6) is 0.851. The Morgan fingerprint density at radius 2 is 1.93 bits per heavy atom. The molecular formula is C13H26N2. The van der Waals surface area contributed by atoms with Gasteiger partial charge in [-0.05, 0) is 50.1 Å². The van der Waals surface area contributed by atoms with Crippen molar-refractivity contribution < 1.29 is 0 Å². The first-order valence-corrected chi connectivity index (χ1v) is 6.61. The Morgan fingerprint density at radius 1 is 1.33 bits per heavy atom. The van der Waals surface area contributed by atoms with Crippen LogP contribution in [0.2, 0.25) is 0 Å². The van der Waals surface area contributed by atoms with E-state index in [0.717, 1.165) is 12.5 Å². The van der Waals surface area contributed by atoms with E-state index in [4.69, 9.17) is 5.73 Å². The molecule has 1 aliphatic carbocycles. The van der Waals surface area contributed by atoms with Crippen LogP contribution in [0.4, 0.5) is 0 Å². The second-order valence-corrected chi connectivity index (χ2v) is 5.97. The quantitative estimate of drug-likeness (QED) is 0.771. The Balaban J connectivity index is 1.73. The van der Waals surface area contributed by atoms with Crippen LogP contribution in [0.15, 0.2) is 0 Å². The summed E-state index contributed by atoms with van der Waals surface area (Å²) in [5.41, 5.74) is 6.78. The number of rotatable bonds is 4. The molecule has 0 aromatic heterocycles. The van der Waals surface area contributed by atoms with Crippen molar-refractivity contribution in [2.45, 2.75) is 52.0 Å². The van der Waals surface area contributed by atoms with E-state index in [-0.39, 0.29) is 0 Å². The number of piperidine rings is 1. The van der Waals surface area contributed by atoms with Crippen molar-refractivity contribution in [3.8, 4) is 0 Å².